The highest BCUT2D eigenvalue weighted by molar-refractivity contribution is 6.02. The first kappa shape index (κ1) is 25.4. The molecule has 1 heterocycles. The Hall–Kier alpha value is -4.66. The number of nitrogens with zero attached hydrogens (tertiary/aromatic N) is 1. The average molecular weight is 504 g/mol. The van der Waals surface area contributed by atoms with Crippen LogP contribution in [0.5, 0.6) is 17.2 Å². The zero-order chi connectivity index (χ0) is 26.4. The maximum absolute atomic E-state index is 12.6. The summed E-state index contributed by atoms with van der Waals surface area (Å²) >= 11 is 0. The highest BCUT2D eigenvalue weighted by Crippen LogP contribution is 2.36. The van der Waals surface area contributed by atoms with E-state index in [2.05, 4.69) is 0 Å². The van der Waals surface area contributed by atoms with Crippen molar-refractivity contribution in [2.45, 2.75) is 6.42 Å². The number of ether oxygens (including phenoxy) is 4. The number of carbonyl (C=O) groups is 4. The predicted octanol–water partition coefficient (Wildman–Crippen LogP) is 3.70. The van der Waals surface area contributed by atoms with Gasteiger partial charge in [0.05, 0.1) is 31.4 Å². The van der Waals surface area contributed by atoms with Crippen molar-refractivity contribution in [3.05, 3.63) is 83.9 Å². The highest BCUT2D eigenvalue weighted by Gasteiger charge is 2.37. The second-order valence-corrected chi connectivity index (χ2v) is 8.25. The number of carbonyl (C=O) groups excluding carboxylic acids is 4. The van der Waals surface area contributed by atoms with Crippen LogP contribution >= 0.6 is 0 Å². The fourth-order valence-electron chi connectivity index (χ4n) is 3.89. The van der Waals surface area contributed by atoms with Crippen molar-refractivity contribution in [1.82, 2.24) is 0 Å². The van der Waals surface area contributed by atoms with Crippen LogP contribution in [0.1, 0.15) is 27.1 Å². The second kappa shape index (κ2) is 11.4. The summed E-state index contributed by atoms with van der Waals surface area (Å²) in [4.78, 5) is 51.4. The van der Waals surface area contributed by atoms with Crippen molar-refractivity contribution in [3.8, 4) is 17.2 Å². The summed E-state index contributed by atoms with van der Waals surface area (Å²) in [5.74, 6) is -1.28. The molecule has 0 saturated carbocycles. The normalized spacial score (nSPS) is 14.7. The molecule has 0 radical (unpaired) electrons. The molecule has 3 aromatic carbocycles. The molecular weight excluding hydrogens is 478 g/mol. The number of amides is 1. The standard InChI is InChI=1S/C28H25NO8/c1-34-22-12-13-25(35-2)23(15-22)29-16-20(14-26(29)31)27(32)36-17-24(30)18-8-10-21(11-9-18)37-28(33)19-6-4-3-5-7-19/h3-13,15,20H,14,16-17H2,1-2H3/t20-/m1/s1. The summed E-state index contributed by atoms with van der Waals surface area (Å²) in [6.07, 6.45) is -0.0468. The fourth-order valence-corrected chi connectivity index (χ4v) is 3.89. The lowest BCUT2D eigenvalue weighted by molar-refractivity contribution is -0.147. The molecule has 0 N–H and O–H groups in total. The van der Waals surface area contributed by atoms with Gasteiger partial charge in [0.2, 0.25) is 5.91 Å². The molecular formula is C28H25NO8. The number of esters is 2. The summed E-state index contributed by atoms with van der Waals surface area (Å²) in [5, 5.41) is 0. The molecule has 0 aromatic heterocycles. The van der Waals surface area contributed by atoms with E-state index in [-0.39, 0.29) is 30.2 Å². The van der Waals surface area contributed by atoms with E-state index in [1.54, 1.807) is 48.5 Å². The number of ketones is 1. The zero-order valence-corrected chi connectivity index (χ0v) is 20.3. The van der Waals surface area contributed by atoms with Crippen LogP contribution in [-0.2, 0) is 14.3 Å². The molecule has 0 aliphatic carbocycles. The molecule has 1 amide bonds. The third-order valence-electron chi connectivity index (χ3n) is 5.88. The van der Waals surface area contributed by atoms with Crippen LogP contribution in [0, 0.1) is 5.92 Å². The molecule has 37 heavy (non-hydrogen) atoms. The third-order valence-corrected chi connectivity index (χ3v) is 5.88. The Morgan fingerprint density at radius 1 is 0.865 bits per heavy atom. The Labute approximate surface area is 213 Å². The van der Waals surface area contributed by atoms with Gasteiger partial charge < -0.3 is 23.8 Å². The van der Waals surface area contributed by atoms with Gasteiger partial charge in [0.1, 0.15) is 17.2 Å². The number of methoxy groups -OCH3 is 2. The fraction of sp³-hybridized carbons (Fsp3) is 0.214. The summed E-state index contributed by atoms with van der Waals surface area (Å²) in [5.41, 5.74) is 1.19. The van der Waals surface area contributed by atoms with E-state index in [4.69, 9.17) is 18.9 Å². The monoisotopic (exact) mass is 503 g/mol. The predicted molar refractivity (Wildman–Crippen MR) is 133 cm³/mol. The summed E-state index contributed by atoms with van der Waals surface area (Å²) < 4.78 is 21.1. The van der Waals surface area contributed by atoms with Crippen LogP contribution in [0.2, 0.25) is 0 Å². The summed E-state index contributed by atoms with van der Waals surface area (Å²) in [7, 11) is 3.00. The van der Waals surface area contributed by atoms with Gasteiger partial charge in [-0.05, 0) is 48.5 Å². The van der Waals surface area contributed by atoms with Gasteiger partial charge in [-0.1, -0.05) is 18.2 Å². The number of rotatable bonds is 9. The first-order valence-corrected chi connectivity index (χ1v) is 11.5. The van der Waals surface area contributed by atoms with Gasteiger partial charge in [-0.25, -0.2) is 4.79 Å². The molecule has 1 atom stereocenters. The molecule has 0 spiro atoms. The van der Waals surface area contributed by atoms with Gasteiger partial charge in [0.15, 0.2) is 12.4 Å². The van der Waals surface area contributed by atoms with Gasteiger partial charge in [-0.3, -0.25) is 14.4 Å². The van der Waals surface area contributed by atoms with E-state index in [9.17, 15) is 19.2 Å². The van der Waals surface area contributed by atoms with E-state index in [0.29, 0.717) is 22.7 Å². The molecule has 4 rings (SSSR count). The van der Waals surface area contributed by atoms with Gasteiger partial charge in [-0.15, -0.1) is 0 Å². The maximum atomic E-state index is 12.6. The lowest BCUT2D eigenvalue weighted by atomic mass is 10.1. The molecule has 3 aromatic rings. The number of hydrogen-bond acceptors (Lipinski definition) is 8. The molecule has 0 unspecified atom stereocenters. The summed E-state index contributed by atoms with van der Waals surface area (Å²) in [6, 6.07) is 19.5. The van der Waals surface area contributed by atoms with E-state index in [0.717, 1.165) is 0 Å². The molecule has 0 bridgehead atoms. The maximum Gasteiger partial charge on any atom is 0.343 e. The minimum absolute atomic E-state index is 0.0468. The Morgan fingerprint density at radius 3 is 2.24 bits per heavy atom. The molecule has 9 heteroatoms. The Bertz CT molecular complexity index is 1300. The first-order chi connectivity index (χ1) is 17.9. The molecule has 1 saturated heterocycles. The molecule has 1 aliphatic heterocycles. The highest BCUT2D eigenvalue weighted by atomic mass is 16.5. The van der Waals surface area contributed by atoms with Crippen molar-refractivity contribution < 1.29 is 38.1 Å². The van der Waals surface area contributed by atoms with Crippen molar-refractivity contribution in [2.75, 3.05) is 32.3 Å². The minimum atomic E-state index is -0.726. The number of anilines is 1. The van der Waals surface area contributed by atoms with Gasteiger partial charge in [0, 0.05) is 24.6 Å². The molecule has 1 fully saturated rings. The first-order valence-electron chi connectivity index (χ1n) is 11.5. The smallest absolute Gasteiger partial charge is 0.343 e. The van der Waals surface area contributed by atoms with Crippen molar-refractivity contribution >= 4 is 29.3 Å². The Balaban J connectivity index is 1.32. The van der Waals surface area contributed by atoms with Crippen LogP contribution in [0.3, 0.4) is 0 Å². The van der Waals surface area contributed by atoms with Gasteiger partial charge in [-0.2, -0.15) is 0 Å². The number of benzene rings is 3. The molecule has 1 aliphatic rings. The molecule has 9 nitrogen and oxygen atoms in total. The quantitative estimate of drug-likeness (QED) is 0.247. The van der Waals surface area contributed by atoms with Crippen molar-refractivity contribution in [2.24, 2.45) is 5.92 Å². The largest absolute Gasteiger partial charge is 0.497 e. The number of hydrogen-bond donors (Lipinski definition) is 0. The minimum Gasteiger partial charge on any atom is -0.497 e. The van der Waals surface area contributed by atoms with E-state index < -0.39 is 30.2 Å². The topological polar surface area (TPSA) is 108 Å². The molecule has 190 valence electrons. The third kappa shape index (κ3) is 5.95. The zero-order valence-electron chi connectivity index (χ0n) is 20.3. The lowest BCUT2D eigenvalue weighted by Crippen LogP contribution is -2.27. The van der Waals surface area contributed by atoms with Crippen LogP contribution in [0.15, 0.2) is 72.8 Å². The van der Waals surface area contributed by atoms with Crippen LogP contribution < -0.4 is 19.1 Å². The average Bonchev–Trinajstić information content (AvgIpc) is 3.33. The van der Waals surface area contributed by atoms with Gasteiger partial charge in [0.25, 0.3) is 0 Å². The van der Waals surface area contributed by atoms with Crippen LogP contribution in [-0.4, -0.2) is 51.0 Å². The van der Waals surface area contributed by atoms with Crippen molar-refractivity contribution in [1.29, 1.82) is 0 Å². The Kier molecular flexibility index (Phi) is 7.83. The van der Waals surface area contributed by atoms with Crippen LogP contribution in [0.4, 0.5) is 5.69 Å². The van der Waals surface area contributed by atoms with E-state index in [1.807, 2.05) is 0 Å². The Morgan fingerprint density at radius 2 is 1.57 bits per heavy atom. The van der Waals surface area contributed by atoms with E-state index >= 15 is 0 Å². The second-order valence-electron chi connectivity index (χ2n) is 8.25. The van der Waals surface area contributed by atoms with Gasteiger partial charge >= 0.3 is 11.9 Å². The van der Waals surface area contributed by atoms with E-state index in [1.165, 1.54) is 43.4 Å². The summed E-state index contributed by atoms with van der Waals surface area (Å²) in [6.45, 7) is -0.383. The SMILES string of the molecule is COc1ccc(OC)c(N2C[C@H](C(=O)OCC(=O)c3ccc(OC(=O)c4ccccc4)cc3)CC2=O)c1. The lowest BCUT2D eigenvalue weighted by Gasteiger charge is -2.20. The number of Topliss-reactive ketones (excluding diaryl/α,β-unsaturated/α-hetero) is 1. The van der Waals surface area contributed by atoms with Crippen molar-refractivity contribution in [3.63, 3.8) is 0 Å². The van der Waals surface area contributed by atoms with Crippen LogP contribution in [0.25, 0.3) is 0 Å².